The summed E-state index contributed by atoms with van der Waals surface area (Å²) >= 11 is 1.74. The van der Waals surface area contributed by atoms with Crippen molar-refractivity contribution in [3.05, 3.63) is 71.1 Å². The third-order valence-corrected chi connectivity index (χ3v) is 6.98. The fourth-order valence-electron chi connectivity index (χ4n) is 4.32. The van der Waals surface area contributed by atoms with E-state index in [0.29, 0.717) is 5.96 Å². The Hall–Kier alpha value is -2.66. The summed E-state index contributed by atoms with van der Waals surface area (Å²) in [5.74, 6) is 0.602. The lowest BCUT2D eigenvalue weighted by atomic mass is 9.74. The van der Waals surface area contributed by atoms with Gasteiger partial charge in [-0.05, 0) is 66.3 Å². The quantitative estimate of drug-likeness (QED) is 0.662. The first kappa shape index (κ1) is 19.6. The number of benzene rings is 2. The molecule has 1 aliphatic heterocycles. The highest BCUT2D eigenvalue weighted by Crippen LogP contribution is 2.38. The van der Waals surface area contributed by atoms with Gasteiger partial charge in [-0.15, -0.1) is 11.3 Å². The van der Waals surface area contributed by atoms with Crippen LogP contribution in [0.2, 0.25) is 0 Å². The summed E-state index contributed by atoms with van der Waals surface area (Å²) in [6.45, 7) is 2.14. The average Bonchev–Trinajstić information content (AvgIpc) is 3.22. The van der Waals surface area contributed by atoms with Gasteiger partial charge in [-0.25, -0.2) is 0 Å². The highest BCUT2D eigenvalue weighted by atomic mass is 32.1. The fraction of sp³-hybridized carbons (Fsp3) is 0.333. The Balaban J connectivity index is 1.65. The van der Waals surface area contributed by atoms with Crippen molar-refractivity contribution in [3.8, 4) is 0 Å². The first-order valence-corrected chi connectivity index (χ1v) is 10.9. The molecule has 1 N–H and O–H groups in total. The van der Waals surface area contributed by atoms with E-state index in [9.17, 15) is 4.79 Å². The summed E-state index contributed by atoms with van der Waals surface area (Å²) < 4.78 is 1.27. The van der Waals surface area contributed by atoms with E-state index in [0.717, 1.165) is 24.8 Å². The Kier molecular flexibility index (Phi) is 5.41. The van der Waals surface area contributed by atoms with Gasteiger partial charge in [0.1, 0.15) is 0 Å². The third-order valence-electron chi connectivity index (χ3n) is 6.08. The number of carbonyl (C=O) groups is 1. The number of carbonyl (C=O) groups excluding carboxylic acids is 1. The molecule has 0 spiro atoms. The molecular weight excluding hydrogens is 378 g/mol. The van der Waals surface area contributed by atoms with Gasteiger partial charge < -0.3 is 5.32 Å². The molecule has 1 aliphatic rings. The maximum Gasteiger partial charge on any atom is 0.234 e. The number of hydrogen-bond donors (Lipinski definition) is 1. The molecule has 4 nitrogen and oxygen atoms in total. The topological polar surface area (TPSA) is 44.7 Å². The lowest BCUT2D eigenvalue weighted by Crippen LogP contribution is -2.64. The Bertz CT molecular complexity index is 1040. The molecule has 4 rings (SSSR count). The predicted octanol–water partition coefficient (Wildman–Crippen LogP) is 4.80. The van der Waals surface area contributed by atoms with E-state index in [4.69, 9.17) is 0 Å². The van der Waals surface area contributed by atoms with Gasteiger partial charge in [0, 0.05) is 18.8 Å². The van der Waals surface area contributed by atoms with Crippen molar-refractivity contribution in [1.82, 2.24) is 10.2 Å². The molecule has 1 saturated heterocycles. The molecule has 1 fully saturated rings. The van der Waals surface area contributed by atoms with E-state index in [1.807, 2.05) is 13.1 Å². The van der Waals surface area contributed by atoms with Crippen LogP contribution in [0.5, 0.6) is 0 Å². The first-order chi connectivity index (χ1) is 14.0. The summed E-state index contributed by atoms with van der Waals surface area (Å²) in [6.07, 6.45) is 2.76. The minimum absolute atomic E-state index is 0.130. The summed E-state index contributed by atoms with van der Waals surface area (Å²) in [5.41, 5.74) is 1.95. The molecule has 3 aromatic rings. The van der Waals surface area contributed by atoms with Crippen LogP contribution in [-0.2, 0) is 16.8 Å². The maximum absolute atomic E-state index is 13.3. The minimum Gasteiger partial charge on any atom is -0.346 e. The second-order valence-electron chi connectivity index (χ2n) is 7.88. The largest absolute Gasteiger partial charge is 0.346 e. The van der Waals surface area contributed by atoms with Crippen LogP contribution in [0, 0.1) is 5.92 Å². The van der Waals surface area contributed by atoms with Gasteiger partial charge in [0.05, 0.1) is 11.5 Å². The molecule has 0 bridgehead atoms. The average molecular weight is 406 g/mol. The van der Waals surface area contributed by atoms with Crippen LogP contribution in [-0.4, -0.2) is 30.9 Å². The zero-order chi connectivity index (χ0) is 20.4. The summed E-state index contributed by atoms with van der Waals surface area (Å²) in [4.78, 5) is 19.3. The lowest BCUT2D eigenvalue weighted by molar-refractivity contribution is -0.135. The van der Waals surface area contributed by atoms with Gasteiger partial charge >= 0.3 is 0 Å². The smallest absolute Gasteiger partial charge is 0.234 e. The van der Waals surface area contributed by atoms with Gasteiger partial charge in [0.2, 0.25) is 11.9 Å². The van der Waals surface area contributed by atoms with Crippen molar-refractivity contribution in [3.63, 3.8) is 0 Å². The second-order valence-corrected chi connectivity index (χ2v) is 8.82. The van der Waals surface area contributed by atoms with Crippen molar-refractivity contribution in [2.45, 2.75) is 31.7 Å². The second kappa shape index (κ2) is 7.99. The van der Waals surface area contributed by atoms with E-state index in [1.165, 1.54) is 15.6 Å². The van der Waals surface area contributed by atoms with Crippen LogP contribution in [0.3, 0.4) is 0 Å². The molecule has 0 saturated carbocycles. The number of aryl methyl sites for hydroxylation is 1. The molecule has 1 aromatic heterocycles. The van der Waals surface area contributed by atoms with Crippen LogP contribution in [0.1, 0.15) is 30.9 Å². The number of fused-ring (bicyclic) bond motifs is 1. The number of nitrogens with one attached hydrogen (secondary N) is 1. The number of amides is 1. The Morgan fingerprint density at radius 2 is 1.97 bits per heavy atom. The van der Waals surface area contributed by atoms with Crippen LogP contribution in [0.15, 0.2) is 65.0 Å². The molecule has 0 radical (unpaired) electrons. The first-order valence-electron chi connectivity index (χ1n) is 10.1. The SMILES string of the molecule is CN=C1N[C@](C)(c2ccc3sccc3c2)C(CCCc2ccccc2)C(=O)N1C. The third kappa shape index (κ3) is 3.67. The Morgan fingerprint density at radius 1 is 1.17 bits per heavy atom. The molecular formula is C24H27N3OS. The maximum atomic E-state index is 13.3. The molecule has 29 heavy (non-hydrogen) atoms. The van der Waals surface area contributed by atoms with Gasteiger partial charge in [0.25, 0.3) is 0 Å². The van der Waals surface area contributed by atoms with E-state index in [1.54, 1.807) is 23.3 Å². The number of nitrogens with zero attached hydrogens (tertiary/aromatic N) is 2. The highest BCUT2D eigenvalue weighted by Gasteiger charge is 2.47. The number of aliphatic imine (C=N–C) groups is 1. The molecule has 150 valence electrons. The van der Waals surface area contributed by atoms with E-state index in [2.05, 4.69) is 71.1 Å². The molecule has 5 heteroatoms. The van der Waals surface area contributed by atoms with Gasteiger partial charge in [-0.1, -0.05) is 36.4 Å². The van der Waals surface area contributed by atoms with Gasteiger partial charge in [-0.3, -0.25) is 14.7 Å². The number of guanidine groups is 1. The van der Waals surface area contributed by atoms with E-state index >= 15 is 0 Å². The van der Waals surface area contributed by atoms with Crippen molar-refractivity contribution in [1.29, 1.82) is 0 Å². The van der Waals surface area contributed by atoms with E-state index < -0.39 is 5.54 Å². The zero-order valence-electron chi connectivity index (χ0n) is 17.2. The zero-order valence-corrected chi connectivity index (χ0v) is 18.0. The monoisotopic (exact) mass is 405 g/mol. The minimum atomic E-state index is -0.495. The number of thiophene rings is 1. The van der Waals surface area contributed by atoms with Crippen LogP contribution in [0.25, 0.3) is 10.1 Å². The van der Waals surface area contributed by atoms with Crippen LogP contribution >= 0.6 is 11.3 Å². The highest BCUT2D eigenvalue weighted by molar-refractivity contribution is 7.17. The van der Waals surface area contributed by atoms with Crippen LogP contribution in [0.4, 0.5) is 0 Å². The summed E-state index contributed by atoms with van der Waals surface area (Å²) in [5, 5.41) is 6.92. The normalized spacial score (nSPS) is 23.6. The van der Waals surface area contributed by atoms with Crippen molar-refractivity contribution in [2.75, 3.05) is 14.1 Å². The number of hydrogen-bond acceptors (Lipinski definition) is 3. The predicted molar refractivity (Wildman–Crippen MR) is 121 cm³/mol. The molecule has 2 atom stereocenters. The lowest BCUT2D eigenvalue weighted by Gasteiger charge is -2.46. The molecule has 1 unspecified atom stereocenters. The van der Waals surface area contributed by atoms with Crippen LogP contribution < -0.4 is 5.32 Å². The number of rotatable bonds is 5. The van der Waals surface area contributed by atoms with Gasteiger partial charge in [-0.2, -0.15) is 0 Å². The van der Waals surface area contributed by atoms with E-state index in [-0.39, 0.29) is 11.8 Å². The molecule has 2 heterocycles. The Morgan fingerprint density at radius 3 is 2.72 bits per heavy atom. The van der Waals surface area contributed by atoms with Crippen molar-refractivity contribution < 1.29 is 4.79 Å². The molecule has 0 aliphatic carbocycles. The fourth-order valence-corrected chi connectivity index (χ4v) is 5.10. The Labute approximate surface area is 176 Å². The van der Waals surface area contributed by atoms with Crippen molar-refractivity contribution in [2.24, 2.45) is 10.9 Å². The summed E-state index contributed by atoms with van der Waals surface area (Å²) in [7, 11) is 3.54. The standard InChI is InChI=1S/C24H27N3OS/c1-24(19-12-13-21-18(16-19)14-15-29-21)20(22(28)27(3)23(25-2)26-24)11-7-10-17-8-5-4-6-9-17/h4-6,8-9,12-16,20H,7,10-11H2,1-3H3,(H,25,26)/t20?,24-/m1/s1. The summed E-state index contributed by atoms with van der Waals surface area (Å²) in [6, 6.07) is 19.2. The van der Waals surface area contributed by atoms with Crippen molar-refractivity contribution >= 4 is 33.3 Å². The molecule has 1 amide bonds. The van der Waals surface area contributed by atoms with Gasteiger partial charge in [0.15, 0.2) is 0 Å². The molecule has 2 aromatic carbocycles.